The summed E-state index contributed by atoms with van der Waals surface area (Å²) in [4.78, 5) is 14.2. The lowest BCUT2D eigenvalue weighted by Crippen LogP contribution is -2.48. The standard InChI is InChI=1S/C27H48N2O2/c1-28-18-25(23-16-15-20-9-6-7-12-22(20)17-23)27(21-10-4-3-5-11-21)31-19-24-13-8-14-26(30)29(24)2/h20-25,27-28H,3-19H2,1-2H3/t20?,22?,23?,24?,25-,27-/m1/s1. The van der Waals surface area contributed by atoms with E-state index >= 15 is 0 Å². The van der Waals surface area contributed by atoms with Crippen molar-refractivity contribution in [1.29, 1.82) is 0 Å². The average molecular weight is 433 g/mol. The highest BCUT2D eigenvalue weighted by molar-refractivity contribution is 5.76. The first-order valence-electron chi connectivity index (χ1n) is 13.7. The van der Waals surface area contributed by atoms with E-state index in [0.717, 1.165) is 43.7 Å². The Morgan fingerprint density at radius 3 is 2.42 bits per heavy atom. The van der Waals surface area contributed by atoms with Crippen LogP contribution < -0.4 is 5.32 Å². The molecule has 1 amide bonds. The number of nitrogens with one attached hydrogen (secondary N) is 1. The Balaban J connectivity index is 1.46. The Morgan fingerprint density at radius 2 is 1.65 bits per heavy atom. The number of carbonyl (C=O) groups is 1. The van der Waals surface area contributed by atoms with E-state index in [9.17, 15) is 4.79 Å². The van der Waals surface area contributed by atoms with Crippen molar-refractivity contribution in [3.05, 3.63) is 0 Å². The van der Waals surface area contributed by atoms with Crippen molar-refractivity contribution in [2.45, 2.75) is 108 Å². The highest BCUT2D eigenvalue weighted by Gasteiger charge is 2.41. The van der Waals surface area contributed by atoms with Crippen molar-refractivity contribution in [3.63, 3.8) is 0 Å². The zero-order valence-electron chi connectivity index (χ0n) is 20.3. The van der Waals surface area contributed by atoms with Gasteiger partial charge in [-0.05, 0) is 75.7 Å². The molecule has 0 aromatic carbocycles. The van der Waals surface area contributed by atoms with Gasteiger partial charge >= 0.3 is 0 Å². The molecule has 4 aliphatic rings. The van der Waals surface area contributed by atoms with Crippen LogP contribution >= 0.6 is 0 Å². The molecule has 0 spiro atoms. The van der Waals surface area contributed by atoms with Crippen molar-refractivity contribution in [1.82, 2.24) is 10.2 Å². The van der Waals surface area contributed by atoms with E-state index in [-0.39, 0.29) is 6.04 Å². The van der Waals surface area contributed by atoms with Crippen LogP contribution in [0.15, 0.2) is 0 Å². The monoisotopic (exact) mass is 432 g/mol. The normalized spacial score (nSPS) is 34.9. The summed E-state index contributed by atoms with van der Waals surface area (Å²) in [6, 6.07) is 0.275. The minimum Gasteiger partial charge on any atom is -0.375 e. The summed E-state index contributed by atoms with van der Waals surface area (Å²) in [6.07, 6.45) is 20.2. The van der Waals surface area contributed by atoms with Crippen molar-refractivity contribution < 1.29 is 9.53 Å². The van der Waals surface area contributed by atoms with Gasteiger partial charge in [-0.2, -0.15) is 0 Å². The molecule has 0 radical (unpaired) electrons. The minimum absolute atomic E-state index is 0.275. The van der Waals surface area contributed by atoms with Gasteiger partial charge in [-0.15, -0.1) is 0 Å². The maximum atomic E-state index is 12.2. The first kappa shape index (κ1) is 23.5. The van der Waals surface area contributed by atoms with Crippen LogP contribution in [0.25, 0.3) is 0 Å². The fourth-order valence-electron chi connectivity index (χ4n) is 7.64. The van der Waals surface area contributed by atoms with E-state index in [1.807, 2.05) is 11.9 Å². The molecule has 4 nitrogen and oxygen atoms in total. The zero-order valence-corrected chi connectivity index (χ0v) is 20.3. The number of likely N-dealkylation sites (N-methyl/N-ethyl adjacent to an activating group) is 1. The van der Waals surface area contributed by atoms with Crippen LogP contribution in [0.1, 0.15) is 96.3 Å². The van der Waals surface area contributed by atoms with Crippen LogP contribution in [-0.2, 0) is 9.53 Å². The number of likely N-dealkylation sites (tertiary alicyclic amines) is 1. The molecule has 0 bridgehead atoms. The Labute approximate surface area is 191 Å². The summed E-state index contributed by atoms with van der Waals surface area (Å²) in [5, 5.41) is 3.57. The first-order valence-corrected chi connectivity index (χ1v) is 13.7. The van der Waals surface area contributed by atoms with E-state index in [1.54, 1.807) is 0 Å². The van der Waals surface area contributed by atoms with Crippen molar-refractivity contribution in [2.24, 2.45) is 29.6 Å². The second-order valence-electron chi connectivity index (χ2n) is 11.3. The Bertz CT molecular complexity index is 561. The molecule has 178 valence electrons. The maximum Gasteiger partial charge on any atom is 0.222 e. The number of fused-ring (bicyclic) bond motifs is 1. The van der Waals surface area contributed by atoms with Crippen LogP contribution in [0.3, 0.4) is 0 Å². The molecule has 3 saturated carbocycles. The molecular formula is C27H48N2O2. The van der Waals surface area contributed by atoms with Gasteiger partial charge in [-0.25, -0.2) is 0 Å². The van der Waals surface area contributed by atoms with Crippen molar-refractivity contribution >= 4 is 5.91 Å². The van der Waals surface area contributed by atoms with Crippen LogP contribution in [0, 0.1) is 29.6 Å². The molecule has 1 saturated heterocycles. The van der Waals surface area contributed by atoms with Crippen LogP contribution in [0.5, 0.6) is 0 Å². The van der Waals surface area contributed by atoms with E-state index < -0.39 is 0 Å². The molecule has 1 heterocycles. The Kier molecular flexibility index (Phi) is 8.73. The number of carbonyl (C=O) groups excluding carboxylic acids is 1. The largest absolute Gasteiger partial charge is 0.375 e. The van der Waals surface area contributed by atoms with E-state index in [1.165, 1.54) is 77.0 Å². The van der Waals surface area contributed by atoms with Crippen LogP contribution in [0.4, 0.5) is 0 Å². The van der Waals surface area contributed by atoms with Gasteiger partial charge in [0.25, 0.3) is 0 Å². The lowest BCUT2D eigenvalue weighted by Gasteiger charge is -2.46. The summed E-state index contributed by atoms with van der Waals surface area (Å²) in [5.41, 5.74) is 0. The summed E-state index contributed by atoms with van der Waals surface area (Å²) < 4.78 is 6.91. The third-order valence-corrected chi connectivity index (χ3v) is 9.51. The summed E-state index contributed by atoms with van der Waals surface area (Å²) >= 11 is 0. The molecule has 4 unspecified atom stereocenters. The lowest BCUT2D eigenvalue weighted by molar-refractivity contribution is -0.139. The molecule has 3 aliphatic carbocycles. The summed E-state index contributed by atoms with van der Waals surface area (Å²) in [6.45, 7) is 1.82. The number of hydrogen-bond donors (Lipinski definition) is 1. The Morgan fingerprint density at radius 1 is 0.903 bits per heavy atom. The SMILES string of the molecule is CNC[C@H](C1CCC2CCCCC2C1)[C@H](OCC1CCCC(=O)N1C)C1CCCCC1. The van der Waals surface area contributed by atoms with Gasteiger partial charge in [-0.1, -0.05) is 44.9 Å². The smallest absolute Gasteiger partial charge is 0.222 e. The molecule has 0 aromatic rings. The summed E-state index contributed by atoms with van der Waals surface area (Å²) in [5.74, 6) is 4.43. The minimum atomic E-state index is 0.275. The van der Waals surface area contributed by atoms with Crippen molar-refractivity contribution in [3.8, 4) is 0 Å². The highest BCUT2D eigenvalue weighted by Crippen LogP contribution is 2.47. The number of hydrogen-bond acceptors (Lipinski definition) is 3. The molecule has 0 aromatic heterocycles. The van der Waals surface area contributed by atoms with Gasteiger partial charge in [0.05, 0.1) is 18.8 Å². The van der Waals surface area contributed by atoms with Gasteiger partial charge in [0, 0.05) is 25.9 Å². The molecule has 31 heavy (non-hydrogen) atoms. The van der Waals surface area contributed by atoms with Gasteiger partial charge in [0.15, 0.2) is 0 Å². The molecule has 4 fully saturated rings. The molecule has 1 aliphatic heterocycles. The average Bonchev–Trinajstić information content (AvgIpc) is 2.81. The second-order valence-corrected chi connectivity index (χ2v) is 11.3. The van der Waals surface area contributed by atoms with Gasteiger partial charge in [0.1, 0.15) is 0 Å². The van der Waals surface area contributed by atoms with Crippen LogP contribution in [0.2, 0.25) is 0 Å². The fourth-order valence-corrected chi connectivity index (χ4v) is 7.64. The van der Waals surface area contributed by atoms with Crippen molar-refractivity contribution in [2.75, 3.05) is 27.2 Å². The first-order chi connectivity index (χ1) is 15.2. The molecule has 1 N–H and O–H groups in total. The Hall–Kier alpha value is -0.610. The number of nitrogens with zero attached hydrogens (tertiary/aromatic N) is 1. The maximum absolute atomic E-state index is 12.2. The van der Waals surface area contributed by atoms with Gasteiger partial charge in [-0.3, -0.25) is 4.79 Å². The van der Waals surface area contributed by atoms with Gasteiger partial charge in [0.2, 0.25) is 5.91 Å². The number of amides is 1. The van der Waals surface area contributed by atoms with E-state index in [0.29, 0.717) is 30.3 Å². The third-order valence-electron chi connectivity index (χ3n) is 9.51. The number of rotatable bonds is 8. The molecule has 6 atom stereocenters. The summed E-state index contributed by atoms with van der Waals surface area (Å²) in [7, 11) is 4.12. The number of piperidine rings is 1. The fraction of sp³-hybridized carbons (Fsp3) is 0.963. The van der Waals surface area contributed by atoms with Crippen LogP contribution in [-0.4, -0.2) is 50.2 Å². The quantitative estimate of drug-likeness (QED) is 0.558. The predicted octanol–water partition coefficient (Wildman–Crippen LogP) is 5.40. The number of ether oxygens (including phenoxy) is 1. The highest BCUT2D eigenvalue weighted by atomic mass is 16.5. The predicted molar refractivity (Wildman–Crippen MR) is 127 cm³/mol. The second kappa shape index (κ2) is 11.5. The van der Waals surface area contributed by atoms with E-state index in [2.05, 4.69) is 12.4 Å². The lowest BCUT2D eigenvalue weighted by atomic mass is 9.63. The van der Waals surface area contributed by atoms with E-state index in [4.69, 9.17) is 4.74 Å². The third kappa shape index (κ3) is 5.85. The molecule has 4 heteroatoms. The molecular weight excluding hydrogens is 384 g/mol. The van der Waals surface area contributed by atoms with Gasteiger partial charge < -0.3 is 15.0 Å². The molecule has 4 rings (SSSR count). The zero-order chi connectivity index (χ0) is 21.6. The topological polar surface area (TPSA) is 41.6 Å².